The van der Waals surface area contributed by atoms with E-state index in [1.807, 2.05) is 6.92 Å². The molecule has 112 valence electrons. The summed E-state index contributed by atoms with van der Waals surface area (Å²) in [4.78, 5) is 19.3. The molecule has 0 saturated heterocycles. The first-order valence-electron chi connectivity index (χ1n) is 6.42. The minimum absolute atomic E-state index is 0.117. The van der Waals surface area contributed by atoms with Gasteiger partial charge in [0.1, 0.15) is 5.82 Å². The van der Waals surface area contributed by atoms with E-state index in [0.717, 1.165) is 12.1 Å². The molecule has 0 radical (unpaired) electrons. The smallest absolute Gasteiger partial charge is 0.221 e. The number of hydrogen-bond donors (Lipinski definition) is 2. The molecule has 1 unspecified atom stereocenters. The van der Waals surface area contributed by atoms with Crippen molar-refractivity contribution in [3.8, 4) is 0 Å². The highest BCUT2D eigenvalue weighted by Gasteiger charge is 2.11. The third kappa shape index (κ3) is 4.56. The van der Waals surface area contributed by atoms with E-state index in [4.69, 9.17) is 0 Å². The molecule has 21 heavy (non-hydrogen) atoms. The number of thioether (sulfide) groups is 1. The predicted octanol–water partition coefficient (Wildman–Crippen LogP) is 3.05. The molecule has 0 saturated carbocycles. The second-order valence-corrected chi connectivity index (χ2v) is 5.61. The van der Waals surface area contributed by atoms with Crippen molar-refractivity contribution in [2.24, 2.45) is 0 Å². The maximum Gasteiger partial charge on any atom is 0.221 e. The number of aromatic nitrogens is 2. The zero-order chi connectivity index (χ0) is 15.2. The summed E-state index contributed by atoms with van der Waals surface area (Å²) in [6.07, 6.45) is 3.60. The lowest BCUT2D eigenvalue weighted by atomic mass is 10.3. The van der Waals surface area contributed by atoms with Crippen molar-refractivity contribution < 1.29 is 13.6 Å². The fourth-order valence-corrected chi connectivity index (χ4v) is 2.60. The fraction of sp³-hybridized carbons (Fsp3) is 0.286. The molecule has 1 amide bonds. The van der Waals surface area contributed by atoms with Gasteiger partial charge in [-0.3, -0.25) is 4.79 Å². The molecule has 2 rings (SSSR count). The number of amides is 1. The average molecular weight is 311 g/mol. The number of nitrogens with one attached hydrogen (secondary N) is 2. The molecule has 2 N–H and O–H groups in total. The van der Waals surface area contributed by atoms with E-state index in [0.29, 0.717) is 16.5 Å². The fourth-order valence-electron chi connectivity index (χ4n) is 1.72. The summed E-state index contributed by atoms with van der Waals surface area (Å²) in [5, 5.41) is 2.81. The highest BCUT2D eigenvalue weighted by molar-refractivity contribution is 7.99. The first-order chi connectivity index (χ1) is 10.1. The van der Waals surface area contributed by atoms with Crippen molar-refractivity contribution in [2.45, 2.75) is 24.3 Å². The Hall–Kier alpha value is -1.89. The number of imidazole rings is 1. The van der Waals surface area contributed by atoms with Crippen LogP contribution >= 0.6 is 11.8 Å². The largest absolute Gasteiger partial charge is 0.347 e. The van der Waals surface area contributed by atoms with Crippen LogP contribution in [0.25, 0.3) is 0 Å². The molecule has 2 aromatic rings. The standard InChI is InChI=1S/C14H15F2N3OS/c1-9(14-17-5-6-18-14)19-13(20)4-7-21-10-2-3-11(15)12(16)8-10/h2-3,5-6,8-9H,4,7H2,1H3,(H,17,18)(H,19,20). The summed E-state index contributed by atoms with van der Waals surface area (Å²) in [5.74, 6) is -0.687. The van der Waals surface area contributed by atoms with Crippen molar-refractivity contribution in [2.75, 3.05) is 5.75 Å². The monoisotopic (exact) mass is 311 g/mol. The van der Waals surface area contributed by atoms with E-state index < -0.39 is 11.6 Å². The van der Waals surface area contributed by atoms with Crippen molar-refractivity contribution in [1.82, 2.24) is 15.3 Å². The van der Waals surface area contributed by atoms with Gasteiger partial charge in [0.05, 0.1) is 6.04 Å². The van der Waals surface area contributed by atoms with Crippen LogP contribution in [0.2, 0.25) is 0 Å². The molecule has 1 aromatic carbocycles. The maximum absolute atomic E-state index is 13.0. The topological polar surface area (TPSA) is 57.8 Å². The van der Waals surface area contributed by atoms with Gasteiger partial charge in [-0.2, -0.15) is 0 Å². The number of halogens is 2. The zero-order valence-electron chi connectivity index (χ0n) is 11.4. The SMILES string of the molecule is CC(NC(=O)CCSc1ccc(F)c(F)c1)c1ncc[nH]1. The van der Waals surface area contributed by atoms with E-state index in [2.05, 4.69) is 15.3 Å². The first kappa shape index (κ1) is 15.5. The average Bonchev–Trinajstić information content (AvgIpc) is 2.97. The van der Waals surface area contributed by atoms with Gasteiger partial charge in [-0.25, -0.2) is 13.8 Å². The molecule has 0 aliphatic rings. The van der Waals surface area contributed by atoms with Crippen molar-refractivity contribution in [3.05, 3.63) is 48.1 Å². The molecule has 0 bridgehead atoms. The van der Waals surface area contributed by atoms with Crippen LogP contribution in [0.4, 0.5) is 8.78 Å². The predicted molar refractivity (Wildman–Crippen MR) is 76.8 cm³/mol. The Morgan fingerprint density at radius 1 is 1.43 bits per heavy atom. The van der Waals surface area contributed by atoms with E-state index in [1.165, 1.54) is 17.8 Å². The Kier molecular flexibility index (Phi) is 5.32. The molecule has 0 aliphatic heterocycles. The van der Waals surface area contributed by atoms with E-state index in [1.54, 1.807) is 12.4 Å². The summed E-state index contributed by atoms with van der Waals surface area (Å²) in [6.45, 7) is 1.83. The Morgan fingerprint density at radius 2 is 2.24 bits per heavy atom. The molecular weight excluding hydrogens is 296 g/mol. The third-order valence-corrected chi connectivity index (χ3v) is 3.79. The molecule has 1 aromatic heterocycles. The van der Waals surface area contributed by atoms with Crippen LogP contribution in [-0.2, 0) is 4.79 Å². The minimum Gasteiger partial charge on any atom is -0.347 e. The van der Waals surface area contributed by atoms with E-state index >= 15 is 0 Å². The van der Waals surface area contributed by atoms with Crippen molar-refractivity contribution in [1.29, 1.82) is 0 Å². The summed E-state index contributed by atoms with van der Waals surface area (Å²) in [7, 11) is 0. The zero-order valence-corrected chi connectivity index (χ0v) is 12.2. The highest BCUT2D eigenvalue weighted by atomic mass is 32.2. The van der Waals surface area contributed by atoms with Crippen LogP contribution < -0.4 is 5.32 Å². The van der Waals surface area contributed by atoms with Gasteiger partial charge in [0.25, 0.3) is 0 Å². The van der Waals surface area contributed by atoms with Crippen molar-refractivity contribution >= 4 is 17.7 Å². The third-order valence-electron chi connectivity index (χ3n) is 2.80. The Labute approximate surface area is 125 Å². The lowest BCUT2D eigenvalue weighted by molar-refractivity contribution is -0.121. The number of aromatic amines is 1. The highest BCUT2D eigenvalue weighted by Crippen LogP contribution is 2.21. The molecular formula is C14H15F2N3OS. The molecule has 1 heterocycles. The maximum atomic E-state index is 13.0. The number of hydrogen-bond acceptors (Lipinski definition) is 3. The van der Waals surface area contributed by atoms with Crippen LogP contribution in [-0.4, -0.2) is 21.6 Å². The van der Waals surface area contributed by atoms with Crippen LogP contribution in [0.3, 0.4) is 0 Å². The molecule has 7 heteroatoms. The number of benzene rings is 1. The molecule has 0 fully saturated rings. The molecule has 0 spiro atoms. The van der Waals surface area contributed by atoms with Crippen LogP contribution in [0.15, 0.2) is 35.5 Å². The van der Waals surface area contributed by atoms with E-state index in [9.17, 15) is 13.6 Å². The van der Waals surface area contributed by atoms with E-state index in [-0.39, 0.29) is 18.4 Å². The van der Waals surface area contributed by atoms with Gasteiger partial charge in [-0.1, -0.05) is 0 Å². The summed E-state index contributed by atoms with van der Waals surface area (Å²) in [6, 6.07) is 3.51. The van der Waals surface area contributed by atoms with Crippen molar-refractivity contribution in [3.63, 3.8) is 0 Å². The van der Waals surface area contributed by atoms with Crippen LogP contribution in [0, 0.1) is 11.6 Å². The Balaban J connectivity index is 1.75. The summed E-state index contributed by atoms with van der Waals surface area (Å²) < 4.78 is 25.8. The Morgan fingerprint density at radius 3 is 2.90 bits per heavy atom. The van der Waals surface area contributed by atoms with Gasteiger partial charge in [0.15, 0.2) is 11.6 Å². The lowest BCUT2D eigenvalue weighted by Gasteiger charge is -2.11. The number of carbonyl (C=O) groups is 1. The molecule has 1 atom stereocenters. The summed E-state index contributed by atoms with van der Waals surface area (Å²) in [5.41, 5.74) is 0. The van der Waals surface area contributed by atoms with Gasteiger partial charge < -0.3 is 10.3 Å². The van der Waals surface area contributed by atoms with Gasteiger partial charge in [0.2, 0.25) is 5.91 Å². The molecule has 4 nitrogen and oxygen atoms in total. The number of nitrogens with zero attached hydrogens (tertiary/aromatic N) is 1. The number of rotatable bonds is 6. The first-order valence-corrected chi connectivity index (χ1v) is 7.41. The van der Waals surface area contributed by atoms with Gasteiger partial charge in [0, 0.05) is 29.5 Å². The minimum atomic E-state index is -0.879. The summed E-state index contributed by atoms with van der Waals surface area (Å²) >= 11 is 1.31. The normalized spacial score (nSPS) is 12.1. The lowest BCUT2D eigenvalue weighted by Crippen LogP contribution is -2.27. The van der Waals surface area contributed by atoms with Gasteiger partial charge in [-0.15, -0.1) is 11.8 Å². The van der Waals surface area contributed by atoms with Gasteiger partial charge in [-0.05, 0) is 25.1 Å². The van der Waals surface area contributed by atoms with Crippen LogP contribution in [0.5, 0.6) is 0 Å². The van der Waals surface area contributed by atoms with Gasteiger partial charge >= 0.3 is 0 Å². The number of H-pyrrole nitrogens is 1. The van der Waals surface area contributed by atoms with Crippen LogP contribution in [0.1, 0.15) is 25.2 Å². The Bertz CT molecular complexity index is 604. The number of carbonyl (C=O) groups excluding carboxylic acids is 1. The quantitative estimate of drug-likeness (QED) is 0.806. The second-order valence-electron chi connectivity index (χ2n) is 4.44. The second kappa shape index (κ2) is 7.21. The molecule has 0 aliphatic carbocycles.